The van der Waals surface area contributed by atoms with Gasteiger partial charge in [0.15, 0.2) is 5.82 Å². The van der Waals surface area contributed by atoms with Gasteiger partial charge in [0.1, 0.15) is 5.75 Å². The van der Waals surface area contributed by atoms with Gasteiger partial charge >= 0.3 is 0 Å². The summed E-state index contributed by atoms with van der Waals surface area (Å²) in [4.78, 5) is 18.7. The average molecular weight is 313 g/mol. The number of benzene rings is 1. The van der Waals surface area contributed by atoms with Gasteiger partial charge in [0.05, 0.1) is 7.11 Å². The van der Waals surface area contributed by atoms with E-state index < -0.39 is 0 Å². The van der Waals surface area contributed by atoms with E-state index in [1.54, 1.807) is 31.1 Å². The second-order valence-electron chi connectivity index (χ2n) is 6.14. The van der Waals surface area contributed by atoms with Crippen LogP contribution in [0.25, 0.3) is 0 Å². The molecule has 0 N–H and O–H groups in total. The van der Waals surface area contributed by atoms with Crippen LogP contribution in [0.1, 0.15) is 18.4 Å². The number of aryl methyl sites for hydroxylation is 1. The molecule has 0 aliphatic carbocycles. The molecule has 0 radical (unpaired) electrons. The maximum atomic E-state index is 12.3. The SMILES string of the molecule is COc1ccccc1CC1CCCN(c2nccn(C)c2=O)C1. The van der Waals surface area contributed by atoms with Crippen molar-refractivity contribution >= 4 is 5.82 Å². The van der Waals surface area contributed by atoms with Gasteiger partial charge in [-0.05, 0) is 36.8 Å². The Labute approximate surface area is 136 Å². The fourth-order valence-corrected chi connectivity index (χ4v) is 3.31. The number of hydrogen-bond donors (Lipinski definition) is 0. The van der Waals surface area contributed by atoms with Gasteiger partial charge in [-0.25, -0.2) is 4.98 Å². The van der Waals surface area contributed by atoms with Crippen molar-refractivity contribution in [1.82, 2.24) is 9.55 Å². The predicted molar refractivity (Wildman–Crippen MR) is 91.1 cm³/mol. The molecule has 1 fully saturated rings. The second-order valence-corrected chi connectivity index (χ2v) is 6.14. The van der Waals surface area contributed by atoms with Crippen molar-refractivity contribution in [3.05, 3.63) is 52.6 Å². The van der Waals surface area contributed by atoms with E-state index in [4.69, 9.17) is 4.74 Å². The molecule has 0 spiro atoms. The molecule has 1 unspecified atom stereocenters. The highest BCUT2D eigenvalue weighted by Crippen LogP contribution is 2.26. The van der Waals surface area contributed by atoms with Crippen LogP contribution in [-0.4, -0.2) is 29.8 Å². The molecule has 3 rings (SSSR count). The van der Waals surface area contributed by atoms with Crippen molar-refractivity contribution in [3.8, 4) is 5.75 Å². The van der Waals surface area contributed by atoms with E-state index in [0.717, 1.165) is 31.7 Å². The highest BCUT2D eigenvalue weighted by molar-refractivity contribution is 5.37. The van der Waals surface area contributed by atoms with Crippen LogP contribution in [0.5, 0.6) is 5.75 Å². The molecule has 1 atom stereocenters. The third-order valence-electron chi connectivity index (χ3n) is 4.52. The van der Waals surface area contributed by atoms with E-state index in [0.29, 0.717) is 11.7 Å². The summed E-state index contributed by atoms with van der Waals surface area (Å²) >= 11 is 0. The smallest absolute Gasteiger partial charge is 0.293 e. The number of anilines is 1. The summed E-state index contributed by atoms with van der Waals surface area (Å²) in [6.07, 6.45) is 6.61. The van der Waals surface area contributed by atoms with E-state index in [9.17, 15) is 4.79 Å². The number of nitrogens with zero attached hydrogens (tertiary/aromatic N) is 3. The molecule has 1 saturated heterocycles. The first-order valence-corrected chi connectivity index (χ1v) is 8.07. The first-order valence-electron chi connectivity index (χ1n) is 8.07. The van der Waals surface area contributed by atoms with Crippen LogP contribution < -0.4 is 15.2 Å². The predicted octanol–water partition coefficient (Wildman–Crippen LogP) is 2.25. The summed E-state index contributed by atoms with van der Waals surface area (Å²) in [5.41, 5.74) is 1.21. The highest BCUT2D eigenvalue weighted by atomic mass is 16.5. The van der Waals surface area contributed by atoms with Gasteiger partial charge in [-0.2, -0.15) is 0 Å². The first kappa shape index (κ1) is 15.6. The molecule has 1 aromatic heterocycles. The fourth-order valence-electron chi connectivity index (χ4n) is 3.31. The quantitative estimate of drug-likeness (QED) is 0.868. The second kappa shape index (κ2) is 6.86. The molecule has 122 valence electrons. The Bertz CT molecular complexity index is 726. The lowest BCUT2D eigenvalue weighted by molar-refractivity contribution is 0.385. The molecule has 2 heterocycles. The fraction of sp³-hybridized carbons (Fsp3) is 0.444. The van der Waals surface area contributed by atoms with Gasteiger partial charge in [0, 0.05) is 32.5 Å². The number of methoxy groups -OCH3 is 1. The van der Waals surface area contributed by atoms with Crippen molar-refractivity contribution in [2.45, 2.75) is 19.3 Å². The lowest BCUT2D eigenvalue weighted by Crippen LogP contribution is -2.40. The molecule has 1 aliphatic heterocycles. The Balaban J connectivity index is 1.76. The molecule has 5 nitrogen and oxygen atoms in total. The minimum Gasteiger partial charge on any atom is -0.496 e. The van der Waals surface area contributed by atoms with Gasteiger partial charge in [-0.15, -0.1) is 0 Å². The summed E-state index contributed by atoms with van der Waals surface area (Å²) in [6.45, 7) is 1.76. The van der Waals surface area contributed by atoms with Crippen molar-refractivity contribution in [1.29, 1.82) is 0 Å². The van der Waals surface area contributed by atoms with Gasteiger partial charge < -0.3 is 14.2 Å². The summed E-state index contributed by atoms with van der Waals surface area (Å²) in [6, 6.07) is 8.17. The van der Waals surface area contributed by atoms with E-state index in [-0.39, 0.29) is 5.56 Å². The molecule has 1 aliphatic rings. The number of aromatic nitrogens is 2. The molecule has 5 heteroatoms. The van der Waals surface area contributed by atoms with Crippen molar-refractivity contribution in [2.24, 2.45) is 13.0 Å². The summed E-state index contributed by atoms with van der Waals surface area (Å²) in [5, 5.41) is 0. The monoisotopic (exact) mass is 313 g/mol. The lowest BCUT2D eigenvalue weighted by Gasteiger charge is -2.33. The van der Waals surface area contributed by atoms with Gasteiger partial charge in [-0.1, -0.05) is 18.2 Å². The third kappa shape index (κ3) is 3.38. The van der Waals surface area contributed by atoms with Crippen molar-refractivity contribution in [3.63, 3.8) is 0 Å². The Hall–Kier alpha value is -2.30. The summed E-state index contributed by atoms with van der Waals surface area (Å²) in [5.74, 6) is 2.02. The molecular weight excluding hydrogens is 290 g/mol. The van der Waals surface area contributed by atoms with Crippen LogP contribution in [0.15, 0.2) is 41.5 Å². The number of hydrogen-bond acceptors (Lipinski definition) is 4. The molecular formula is C18H23N3O2. The molecule has 23 heavy (non-hydrogen) atoms. The van der Waals surface area contributed by atoms with Gasteiger partial charge in [0.25, 0.3) is 5.56 Å². The maximum Gasteiger partial charge on any atom is 0.293 e. The van der Waals surface area contributed by atoms with E-state index in [1.165, 1.54) is 12.0 Å². The minimum absolute atomic E-state index is 0.0227. The van der Waals surface area contributed by atoms with Crippen LogP contribution in [0.2, 0.25) is 0 Å². The Morgan fingerprint density at radius 2 is 2.17 bits per heavy atom. The van der Waals surface area contributed by atoms with E-state index in [2.05, 4.69) is 16.0 Å². The van der Waals surface area contributed by atoms with Gasteiger partial charge in [-0.3, -0.25) is 4.79 Å². The summed E-state index contributed by atoms with van der Waals surface area (Å²) in [7, 11) is 3.48. The molecule has 0 amide bonds. The number of piperidine rings is 1. The van der Waals surface area contributed by atoms with Crippen LogP contribution in [0.4, 0.5) is 5.82 Å². The first-order chi connectivity index (χ1) is 11.2. The number of rotatable bonds is 4. The zero-order chi connectivity index (χ0) is 16.2. The van der Waals surface area contributed by atoms with Gasteiger partial charge in [0.2, 0.25) is 0 Å². The van der Waals surface area contributed by atoms with Crippen LogP contribution >= 0.6 is 0 Å². The van der Waals surface area contributed by atoms with Crippen LogP contribution in [-0.2, 0) is 13.5 Å². The normalized spacial score (nSPS) is 18.0. The largest absolute Gasteiger partial charge is 0.496 e. The number of para-hydroxylation sites is 1. The Morgan fingerprint density at radius 3 is 3.00 bits per heavy atom. The van der Waals surface area contributed by atoms with Crippen molar-refractivity contribution < 1.29 is 4.74 Å². The van der Waals surface area contributed by atoms with Crippen LogP contribution in [0.3, 0.4) is 0 Å². The Kier molecular flexibility index (Phi) is 4.65. The lowest BCUT2D eigenvalue weighted by atomic mass is 9.91. The summed E-state index contributed by atoms with van der Waals surface area (Å²) < 4.78 is 7.04. The van der Waals surface area contributed by atoms with Crippen LogP contribution in [0, 0.1) is 5.92 Å². The van der Waals surface area contributed by atoms with E-state index >= 15 is 0 Å². The zero-order valence-electron chi connectivity index (χ0n) is 13.7. The molecule has 0 saturated carbocycles. The Morgan fingerprint density at radius 1 is 1.35 bits per heavy atom. The zero-order valence-corrected chi connectivity index (χ0v) is 13.7. The molecule has 2 aromatic rings. The maximum absolute atomic E-state index is 12.3. The third-order valence-corrected chi connectivity index (χ3v) is 4.52. The molecule has 0 bridgehead atoms. The standard InChI is InChI=1S/C18H23N3O2/c1-20-11-9-19-17(18(20)22)21-10-5-6-14(13-21)12-15-7-3-4-8-16(15)23-2/h3-4,7-9,11,14H,5-6,10,12-13H2,1-2H3. The topological polar surface area (TPSA) is 47.4 Å². The highest BCUT2D eigenvalue weighted by Gasteiger charge is 2.24. The average Bonchev–Trinajstić information content (AvgIpc) is 2.58. The van der Waals surface area contributed by atoms with Crippen molar-refractivity contribution in [2.75, 3.05) is 25.1 Å². The van der Waals surface area contributed by atoms with E-state index in [1.807, 2.05) is 18.2 Å². The molecule has 1 aromatic carbocycles. The minimum atomic E-state index is -0.0227. The number of ether oxygens (including phenoxy) is 1.